The van der Waals surface area contributed by atoms with Crippen LogP contribution in [0.5, 0.6) is 11.5 Å². The average Bonchev–Trinajstić information content (AvgIpc) is 3.58. The van der Waals surface area contributed by atoms with Crippen LogP contribution in [-0.2, 0) is 23.6 Å². The van der Waals surface area contributed by atoms with Crippen LogP contribution in [0.4, 0.5) is 5.69 Å². The van der Waals surface area contributed by atoms with Gasteiger partial charge in [-0.15, -0.1) is 11.3 Å². The lowest BCUT2D eigenvalue weighted by Gasteiger charge is -2.36. The number of imidazole rings is 1. The van der Waals surface area contributed by atoms with Crippen molar-refractivity contribution in [3.8, 4) is 11.5 Å². The molecule has 3 aliphatic heterocycles. The lowest BCUT2D eigenvalue weighted by Crippen LogP contribution is -2.46. The molecule has 208 valence electrons. The number of carboxylic acids is 1. The van der Waals surface area contributed by atoms with Gasteiger partial charge in [-0.25, -0.2) is 9.78 Å². The summed E-state index contributed by atoms with van der Waals surface area (Å²) in [6.45, 7) is 7.36. The number of benzene rings is 1. The van der Waals surface area contributed by atoms with Crippen molar-refractivity contribution in [3.63, 3.8) is 0 Å². The van der Waals surface area contributed by atoms with Crippen LogP contribution < -0.4 is 14.4 Å². The molecule has 2 fully saturated rings. The van der Waals surface area contributed by atoms with Gasteiger partial charge in [0, 0.05) is 45.9 Å². The molecule has 1 aromatic carbocycles. The van der Waals surface area contributed by atoms with Crippen molar-refractivity contribution in [2.24, 2.45) is 0 Å². The molecule has 10 nitrogen and oxygen atoms in total. The molecule has 40 heavy (non-hydrogen) atoms. The fourth-order valence-electron chi connectivity index (χ4n) is 5.48. The van der Waals surface area contributed by atoms with Gasteiger partial charge < -0.3 is 28.8 Å². The maximum Gasteiger partial charge on any atom is 0.346 e. The van der Waals surface area contributed by atoms with Gasteiger partial charge in [0.05, 0.1) is 35.4 Å². The number of nitrogens with zero attached hydrogens (tertiary/aromatic N) is 5. The summed E-state index contributed by atoms with van der Waals surface area (Å²) in [6.07, 6.45) is 2.75. The largest absolute Gasteiger partial charge is 0.477 e. The van der Waals surface area contributed by atoms with Crippen molar-refractivity contribution in [3.05, 3.63) is 64.0 Å². The molecule has 4 aromatic rings. The molecule has 6 heterocycles. The molecule has 3 aromatic heterocycles. The molecule has 0 radical (unpaired) electrons. The van der Waals surface area contributed by atoms with Crippen molar-refractivity contribution >= 4 is 44.9 Å². The van der Waals surface area contributed by atoms with E-state index in [1.165, 1.54) is 11.3 Å². The van der Waals surface area contributed by atoms with Crippen molar-refractivity contribution in [2.45, 2.75) is 38.3 Å². The highest BCUT2D eigenvalue weighted by Gasteiger charge is 2.42. The van der Waals surface area contributed by atoms with E-state index in [4.69, 9.17) is 30.8 Å². The molecule has 0 amide bonds. The predicted molar refractivity (Wildman–Crippen MR) is 151 cm³/mol. The van der Waals surface area contributed by atoms with Crippen LogP contribution in [0.25, 0.3) is 10.3 Å². The number of pyridine rings is 1. The van der Waals surface area contributed by atoms with Crippen molar-refractivity contribution < 1.29 is 24.1 Å². The minimum Gasteiger partial charge on any atom is -0.477 e. The van der Waals surface area contributed by atoms with Crippen LogP contribution in [0.2, 0.25) is 5.02 Å². The van der Waals surface area contributed by atoms with E-state index in [1.807, 2.05) is 25.1 Å². The summed E-state index contributed by atoms with van der Waals surface area (Å²) in [5.74, 6) is 0.421. The number of aromatic nitrogens is 3. The Labute approximate surface area is 239 Å². The minimum atomic E-state index is -1.03. The Morgan fingerprint density at radius 1 is 1.20 bits per heavy atom. The molecule has 0 saturated carbocycles. The Kier molecular flexibility index (Phi) is 6.34. The summed E-state index contributed by atoms with van der Waals surface area (Å²) in [7, 11) is 0. The van der Waals surface area contributed by atoms with Crippen LogP contribution in [0, 0.1) is 0 Å². The van der Waals surface area contributed by atoms with Gasteiger partial charge in [-0.2, -0.15) is 0 Å². The number of anilines is 1. The lowest BCUT2D eigenvalue weighted by atomic mass is 10.2. The van der Waals surface area contributed by atoms with Gasteiger partial charge in [0.15, 0.2) is 11.5 Å². The molecular formula is C28H28ClN5O5S. The summed E-state index contributed by atoms with van der Waals surface area (Å²) in [4.78, 5) is 26.6. The topological polar surface area (TPSA) is 102 Å². The zero-order chi connectivity index (χ0) is 27.4. The predicted octanol–water partition coefficient (Wildman–Crippen LogP) is 4.60. The number of hydrogen-bond donors (Lipinski definition) is 1. The summed E-state index contributed by atoms with van der Waals surface area (Å²) < 4.78 is 20.5. The molecule has 3 aliphatic rings. The van der Waals surface area contributed by atoms with E-state index in [-0.39, 0.29) is 6.10 Å². The van der Waals surface area contributed by atoms with Gasteiger partial charge in [-0.1, -0.05) is 17.7 Å². The monoisotopic (exact) mass is 581 g/mol. The van der Waals surface area contributed by atoms with Crippen molar-refractivity contribution in [1.29, 1.82) is 0 Å². The van der Waals surface area contributed by atoms with Gasteiger partial charge in [0.25, 0.3) is 5.79 Å². The summed E-state index contributed by atoms with van der Waals surface area (Å²) in [5.41, 5.74) is 2.53. The second kappa shape index (κ2) is 9.91. The van der Waals surface area contributed by atoms with Crippen LogP contribution in [0.1, 0.15) is 34.5 Å². The Balaban J connectivity index is 1.06. The smallest absolute Gasteiger partial charge is 0.346 e. The van der Waals surface area contributed by atoms with Gasteiger partial charge in [0.2, 0.25) is 0 Å². The van der Waals surface area contributed by atoms with Crippen LogP contribution >= 0.6 is 22.9 Å². The van der Waals surface area contributed by atoms with E-state index < -0.39 is 11.8 Å². The number of carboxylic acid groups (broad SMARTS) is 1. The maximum atomic E-state index is 11.5. The summed E-state index contributed by atoms with van der Waals surface area (Å²) in [6, 6.07) is 11.3. The minimum absolute atomic E-state index is 0.150. The summed E-state index contributed by atoms with van der Waals surface area (Å²) >= 11 is 7.26. The standard InChI is InChI=1S/C28H28ClN5O5S/c1-28(23-6-5-17(29)14-30-23)38-21-4-2-3-19(25(21)39-28)33-10-8-32(9-11-33)16-24-31-26-20(13-22(40-26)27(35)36)34(24)15-18-7-12-37-18/h2-6,13-14,18H,7-12,15-16H2,1H3,(H,35,36)/t18-,28-/m0/s1. The van der Waals surface area contributed by atoms with E-state index >= 15 is 0 Å². The molecule has 7 rings (SSSR count). The second-order valence-corrected chi connectivity index (χ2v) is 11.9. The Hall–Kier alpha value is -3.38. The molecule has 0 unspecified atom stereocenters. The fraction of sp³-hybridized carbons (Fsp3) is 0.393. The number of ether oxygens (including phenoxy) is 3. The van der Waals surface area contributed by atoms with Gasteiger partial charge in [0.1, 0.15) is 21.2 Å². The van der Waals surface area contributed by atoms with Crippen molar-refractivity contribution in [1.82, 2.24) is 19.4 Å². The lowest BCUT2D eigenvalue weighted by molar-refractivity contribution is -0.0716. The summed E-state index contributed by atoms with van der Waals surface area (Å²) in [5, 5.41) is 10.0. The molecular weight excluding hydrogens is 554 g/mol. The molecule has 0 spiro atoms. The highest BCUT2D eigenvalue weighted by molar-refractivity contribution is 7.20. The van der Waals surface area contributed by atoms with Gasteiger partial charge >= 0.3 is 5.97 Å². The average molecular weight is 582 g/mol. The third kappa shape index (κ3) is 4.56. The fourth-order valence-corrected chi connectivity index (χ4v) is 6.48. The first-order chi connectivity index (χ1) is 19.4. The van der Waals surface area contributed by atoms with E-state index in [2.05, 4.69) is 25.4 Å². The zero-order valence-corrected chi connectivity index (χ0v) is 23.5. The Morgan fingerprint density at radius 3 is 2.73 bits per heavy atom. The number of carbonyl (C=O) groups is 1. The van der Waals surface area contributed by atoms with E-state index in [1.54, 1.807) is 18.3 Å². The van der Waals surface area contributed by atoms with Gasteiger partial charge in [-0.3, -0.25) is 9.88 Å². The number of hydrogen-bond acceptors (Lipinski definition) is 9. The molecule has 2 atom stereocenters. The first kappa shape index (κ1) is 25.6. The molecule has 0 aliphatic carbocycles. The first-order valence-corrected chi connectivity index (χ1v) is 14.5. The molecule has 2 saturated heterocycles. The second-order valence-electron chi connectivity index (χ2n) is 10.4. The van der Waals surface area contributed by atoms with E-state index in [0.717, 1.165) is 66.8 Å². The first-order valence-electron chi connectivity index (χ1n) is 13.3. The number of halogens is 1. The Bertz CT molecular complexity index is 1580. The highest BCUT2D eigenvalue weighted by atomic mass is 35.5. The number of para-hydroxylation sites is 1. The Morgan fingerprint density at radius 2 is 2.02 bits per heavy atom. The molecule has 0 bridgehead atoms. The zero-order valence-electron chi connectivity index (χ0n) is 21.9. The molecule has 1 N–H and O–H groups in total. The highest BCUT2D eigenvalue weighted by Crippen LogP contribution is 2.49. The SMILES string of the molecule is C[C@]1(c2ccc(Cl)cn2)Oc2cccc(N3CCN(Cc4nc5sc(C(=O)O)cc5n4C[C@@H]4CCO4)CC3)c2O1. The molecule has 12 heteroatoms. The third-order valence-corrected chi connectivity index (χ3v) is 8.98. The quantitative estimate of drug-likeness (QED) is 0.335. The maximum absolute atomic E-state index is 11.5. The van der Waals surface area contributed by atoms with E-state index in [9.17, 15) is 9.90 Å². The van der Waals surface area contributed by atoms with E-state index in [0.29, 0.717) is 34.4 Å². The van der Waals surface area contributed by atoms with Crippen LogP contribution in [0.3, 0.4) is 0 Å². The number of piperazine rings is 1. The normalized spacial score (nSPS) is 22.6. The number of fused-ring (bicyclic) bond motifs is 2. The number of thiophene rings is 1. The van der Waals surface area contributed by atoms with Crippen LogP contribution in [-0.4, -0.2) is 69.4 Å². The van der Waals surface area contributed by atoms with Crippen molar-refractivity contribution in [2.75, 3.05) is 37.7 Å². The van der Waals surface area contributed by atoms with Gasteiger partial charge in [-0.05, 0) is 36.8 Å². The number of rotatable bonds is 7. The number of aromatic carboxylic acids is 1. The third-order valence-electron chi connectivity index (χ3n) is 7.75. The van der Waals surface area contributed by atoms with Crippen LogP contribution in [0.15, 0.2) is 42.6 Å².